The van der Waals surface area contributed by atoms with Gasteiger partial charge in [-0.05, 0) is 49.3 Å². The van der Waals surface area contributed by atoms with E-state index in [1.165, 1.54) is 0 Å². The van der Waals surface area contributed by atoms with Crippen molar-refractivity contribution in [1.29, 1.82) is 0 Å². The second kappa shape index (κ2) is 5.82. The normalized spacial score (nSPS) is 24.2. The minimum absolute atomic E-state index is 0.00713. The van der Waals surface area contributed by atoms with Crippen LogP contribution >= 0.6 is 0 Å². The molecule has 23 heavy (non-hydrogen) atoms. The number of nitrogens with one attached hydrogen (secondary N) is 1. The molecule has 1 aliphatic heterocycles. The lowest BCUT2D eigenvalue weighted by atomic mass is 9.93. The van der Waals surface area contributed by atoms with Crippen LogP contribution in [0.1, 0.15) is 30.4 Å². The molecule has 6 heteroatoms. The van der Waals surface area contributed by atoms with Crippen LogP contribution in [0.4, 0.5) is 0 Å². The Bertz CT molecular complexity index is 722. The van der Waals surface area contributed by atoms with Crippen molar-refractivity contribution in [3.63, 3.8) is 0 Å². The zero-order valence-electron chi connectivity index (χ0n) is 13.6. The molecule has 1 saturated heterocycles. The monoisotopic (exact) mass is 337 g/mol. The Kier molecular flexibility index (Phi) is 4.12. The first-order valence-electron chi connectivity index (χ1n) is 8.00. The average Bonchev–Trinajstić information content (AvgIpc) is 3.25. The lowest BCUT2D eigenvalue weighted by Gasteiger charge is -2.18. The van der Waals surface area contributed by atoms with Crippen molar-refractivity contribution < 1.29 is 17.9 Å². The summed E-state index contributed by atoms with van der Waals surface area (Å²) in [6.07, 6.45) is 2.30. The third-order valence-corrected chi connectivity index (χ3v) is 6.86. The van der Waals surface area contributed by atoms with Crippen LogP contribution in [-0.2, 0) is 20.0 Å². The van der Waals surface area contributed by atoms with E-state index in [9.17, 15) is 13.2 Å². The molecule has 1 amide bonds. The molecule has 2 aliphatic rings. The second-order valence-corrected chi connectivity index (χ2v) is 8.97. The summed E-state index contributed by atoms with van der Waals surface area (Å²) in [5, 5.41) is 2.97. The molecule has 1 heterocycles. The molecular weight excluding hydrogens is 314 g/mol. The minimum atomic E-state index is -2.90. The summed E-state index contributed by atoms with van der Waals surface area (Å²) in [6.45, 7) is 2.42. The molecule has 3 rings (SSSR count). The van der Waals surface area contributed by atoms with Gasteiger partial charge in [-0.25, -0.2) is 8.42 Å². The lowest BCUT2D eigenvalue weighted by Crippen LogP contribution is -2.38. The van der Waals surface area contributed by atoms with Crippen molar-refractivity contribution in [2.45, 2.75) is 31.6 Å². The number of hydrogen-bond donors (Lipinski definition) is 1. The van der Waals surface area contributed by atoms with E-state index < -0.39 is 15.3 Å². The van der Waals surface area contributed by atoms with E-state index in [-0.39, 0.29) is 23.3 Å². The fourth-order valence-corrected chi connectivity index (χ4v) is 5.19. The van der Waals surface area contributed by atoms with E-state index >= 15 is 0 Å². The molecule has 1 aromatic rings. The van der Waals surface area contributed by atoms with Crippen LogP contribution in [0.2, 0.25) is 0 Å². The quantitative estimate of drug-likeness (QED) is 0.885. The van der Waals surface area contributed by atoms with Crippen LogP contribution in [0.5, 0.6) is 5.75 Å². The molecule has 0 radical (unpaired) electrons. The number of aryl methyl sites for hydroxylation is 1. The number of carbonyl (C=O) groups is 1. The Morgan fingerprint density at radius 3 is 2.70 bits per heavy atom. The lowest BCUT2D eigenvalue weighted by molar-refractivity contribution is -0.123. The molecule has 5 nitrogen and oxygen atoms in total. The highest BCUT2D eigenvalue weighted by atomic mass is 32.2. The third kappa shape index (κ3) is 3.22. The Balaban J connectivity index is 1.67. The molecule has 0 bridgehead atoms. The highest BCUT2D eigenvalue weighted by molar-refractivity contribution is 7.91. The summed E-state index contributed by atoms with van der Waals surface area (Å²) in [5.74, 6) is 1.29. The van der Waals surface area contributed by atoms with Gasteiger partial charge in [0.2, 0.25) is 5.91 Å². The van der Waals surface area contributed by atoms with Crippen molar-refractivity contribution in [3.8, 4) is 5.75 Å². The first-order valence-corrected chi connectivity index (χ1v) is 9.82. The Labute approximate surface area is 137 Å². The summed E-state index contributed by atoms with van der Waals surface area (Å²) in [6, 6.07) is 5.91. The Morgan fingerprint density at radius 1 is 1.39 bits per heavy atom. The molecule has 1 atom stereocenters. The molecule has 1 saturated carbocycles. The number of rotatable bonds is 5. The van der Waals surface area contributed by atoms with E-state index in [0.29, 0.717) is 13.0 Å². The van der Waals surface area contributed by atoms with Gasteiger partial charge in [0.25, 0.3) is 0 Å². The number of benzene rings is 1. The fraction of sp³-hybridized carbons (Fsp3) is 0.588. The van der Waals surface area contributed by atoms with Crippen LogP contribution in [-0.4, -0.2) is 39.5 Å². The number of methoxy groups -OCH3 is 1. The van der Waals surface area contributed by atoms with Crippen molar-refractivity contribution in [2.75, 3.05) is 25.2 Å². The highest BCUT2D eigenvalue weighted by Crippen LogP contribution is 2.49. The predicted molar refractivity (Wildman–Crippen MR) is 88.4 cm³/mol. The van der Waals surface area contributed by atoms with Gasteiger partial charge in [-0.3, -0.25) is 4.79 Å². The van der Waals surface area contributed by atoms with Crippen LogP contribution in [0, 0.1) is 12.8 Å². The van der Waals surface area contributed by atoms with Crippen LogP contribution in [0.25, 0.3) is 0 Å². The predicted octanol–water partition coefficient (Wildman–Crippen LogP) is 1.59. The summed E-state index contributed by atoms with van der Waals surface area (Å²) in [7, 11) is -1.27. The Hall–Kier alpha value is -1.56. The average molecular weight is 337 g/mol. The second-order valence-electron chi connectivity index (χ2n) is 6.75. The van der Waals surface area contributed by atoms with Gasteiger partial charge < -0.3 is 10.1 Å². The van der Waals surface area contributed by atoms with Gasteiger partial charge in [0, 0.05) is 6.54 Å². The standard InChI is InChI=1S/C17H23NO4S/c1-12-3-4-14(9-15(12)22-2)17(6-7-17)16(19)18-10-13-5-8-23(20,21)11-13/h3-4,9,13H,5-8,10-11H2,1-2H3,(H,18,19)/t13-/m0/s1. The molecule has 0 spiro atoms. The van der Waals surface area contributed by atoms with E-state index in [1.54, 1.807) is 7.11 Å². The maximum absolute atomic E-state index is 12.6. The zero-order chi connectivity index (χ0) is 16.7. The van der Waals surface area contributed by atoms with Crippen molar-refractivity contribution in [3.05, 3.63) is 29.3 Å². The third-order valence-electron chi connectivity index (χ3n) is 5.02. The first kappa shape index (κ1) is 16.3. The molecule has 2 fully saturated rings. The van der Waals surface area contributed by atoms with Crippen LogP contribution < -0.4 is 10.1 Å². The van der Waals surface area contributed by atoms with E-state index in [4.69, 9.17) is 4.74 Å². The fourth-order valence-electron chi connectivity index (χ4n) is 3.33. The van der Waals surface area contributed by atoms with Gasteiger partial charge >= 0.3 is 0 Å². The summed E-state index contributed by atoms with van der Waals surface area (Å²) >= 11 is 0. The topological polar surface area (TPSA) is 72.5 Å². The smallest absolute Gasteiger partial charge is 0.230 e. The van der Waals surface area contributed by atoms with E-state index in [2.05, 4.69) is 5.32 Å². The van der Waals surface area contributed by atoms with E-state index in [0.717, 1.165) is 29.7 Å². The summed E-state index contributed by atoms with van der Waals surface area (Å²) in [5.41, 5.74) is 1.57. The highest BCUT2D eigenvalue weighted by Gasteiger charge is 2.51. The Morgan fingerprint density at radius 2 is 2.13 bits per heavy atom. The molecule has 1 aromatic carbocycles. The van der Waals surface area contributed by atoms with Gasteiger partial charge in [0.15, 0.2) is 9.84 Å². The summed E-state index contributed by atoms with van der Waals surface area (Å²) < 4.78 is 28.3. The number of amides is 1. The summed E-state index contributed by atoms with van der Waals surface area (Å²) in [4.78, 5) is 12.6. The number of hydrogen-bond acceptors (Lipinski definition) is 4. The van der Waals surface area contributed by atoms with Gasteiger partial charge in [0.05, 0.1) is 24.0 Å². The maximum atomic E-state index is 12.6. The van der Waals surface area contributed by atoms with E-state index in [1.807, 2.05) is 25.1 Å². The molecule has 0 unspecified atom stereocenters. The molecule has 0 aromatic heterocycles. The van der Waals surface area contributed by atoms with Crippen LogP contribution in [0.3, 0.4) is 0 Å². The molecular formula is C17H23NO4S. The largest absolute Gasteiger partial charge is 0.496 e. The number of ether oxygens (including phenoxy) is 1. The molecule has 1 N–H and O–H groups in total. The van der Waals surface area contributed by atoms with Gasteiger partial charge in [0.1, 0.15) is 5.75 Å². The first-order chi connectivity index (χ1) is 10.9. The van der Waals surface area contributed by atoms with Crippen LogP contribution in [0.15, 0.2) is 18.2 Å². The van der Waals surface area contributed by atoms with Crippen molar-refractivity contribution >= 4 is 15.7 Å². The minimum Gasteiger partial charge on any atom is -0.496 e. The number of carbonyl (C=O) groups excluding carboxylic acids is 1. The van der Waals surface area contributed by atoms with Gasteiger partial charge in [-0.15, -0.1) is 0 Å². The van der Waals surface area contributed by atoms with Gasteiger partial charge in [-0.1, -0.05) is 12.1 Å². The SMILES string of the molecule is COc1cc(C2(C(=O)NC[C@@H]3CCS(=O)(=O)C3)CC2)ccc1C. The zero-order valence-corrected chi connectivity index (χ0v) is 14.4. The number of sulfone groups is 1. The molecule has 126 valence electrons. The van der Waals surface area contributed by atoms with Gasteiger partial charge in [-0.2, -0.15) is 0 Å². The van der Waals surface area contributed by atoms with Crippen molar-refractivity contribution in [2.24, 2.45) is 5.92 Å². The van der Waals surface area contributed by atoms with Crippen molar-refractivity contribution in [1.82, 2.24) is 5.32 Å². The molecule has 1 aliphatic carbocycles. The maximum Gasteiger partial charge on any atom is 0.230 e.